The van der Waals surface area contributed by atoms with E-state index in [4.69, 9.17) is 4.99 Å². The van der Waals surface area contributed by atoms with E-state index in [1.165, 1.54) is 81.8 Å². The summed E-state index contributed by atoms with van der Waals surface area (Å²) in [6, 6.07) is 4.42. The third kappa shape index (κ3) is 3.34. The number of phenols is 1. The minimum Gasteiger partial charge on any atom is -0.507 e. The monoisotopic (exact) mass is 365 g/mol. The first kappa shape index (κ1) is 17.8. The van der Waals surface area contributed by atoms with Gasteiger partial charge in [0.25, 0.3) is 0 Å². The summed E-state index contributed by atoms with van der Waals surface area (Å²) in [4.78, 5) is 4.77. The molecule has 0 unspecified atom stereocenters. The standard InChI is InChI=1S/C25H35NO/c1-17-7-22(16-26-15-18-5-3-2-4-6-18)24(27)23(8-17)25-12-19-9-20(13-25)11-21(10-19)14-25/h7-8,16,18-21,27H,2-6,9-15H2,1H3. The van der Waals surface area contributed by atoms with Gasteiger partial charge in [0.2, 0.25) is 0 Å². The summed E-state index contributed by atoms with van der Waals surface area (Å²) in [5.41, 5.74) is 3.73. The maximum atomic E-state index is 11.2. The Labute approximate surface area is 164 Å². The van der Waals surface area contributed by atoms with Crippen molar-refractivity contribution in [3.63, 3.8) is 0 Å². The molecule has 5 aliphatic carbocycles. The Morgan fingerprint density at radius 3 is 2.26 bits per heavy atom. The zero-order valence-electron chi connectivity index (χ0n) is 16.9. The molecule has 1 N–H and O–H groups in total. The van der Waals surface area contributed by atoms with Gasteiger partial charge >= 0.3 is 0 Å². The Balaban J connectivity index is 1.41. The molecule has 5 saturated carbocycles. The van der Waals surface area contributed by atoms with Crippen LogP contribution in [0, 0.1) is 30.6 Å². The highest BCUT2D eigenvalue weighted by Gasteiger charge is 2.52. The minimum atomic E-state index is 0.247. The first-order chi connectivity index (χ1) is 13.1. The Hall–Kier alpha value is -1.31. The number of hydrogen-bond acceptors (Lipinski definition) is 2. The number of nitrogens with zero attached hydrogens (tertiary/aromatic N) is 1. The molecule has 0 atom stereocenters. The second-order valence-electron chi connectivity index (χ2n) is 10.4. The van der Waals surface area contributed by atoms with Gasteiger partial charge in [-0.15, -0.1) is 0 Å². The summed E-state index contributed by atoms with van der Waals surface area (Å²) >= 11 is 0. The van der Waals surface area contributed by atoms with Gasteiger partial charge in [-0.1, -0.05) is 25.3 Å². The lowest BCUT2D eigenvalue weighted by atomic mass is 9.48. The van der Waals surface area contributed by atoms with Crippen LogP contribution in [-0.4, -0.2) is 17.9 Å². The van der Waals surface area contributed by atoms with Gasteiger partial charge in [-0.3, -0.25) is 4.99 Å². The van der Waals surface area contributed by atoms with E-state index in [1.54, 1.807) is 0 Å². The van der Waals surface area contributed by atoms with Gasteiger partial charge in [-0.2, -0.15) is 0 Å². The largest absolute Gasteiger partial charge is 0.507 e. The van der Waals surface area contributed by atoms with Crippen molar-refractivity contribution in [3.8, 4) is 5.75 Å². The van der Waals surface area contributed by atoms with Crippen molar-refractivity contribution < 1.29 is 5.11 Å². The second kappa shape index (κ2) is 6.94. The van der Waals surface area contributed by atoms with Crippen LogP contribution in [0.3, 0.4) is 0 Å². The molecule has 6 rings (SSSR count). The number of aliphatic imine (C=N–C) groups is 1. The summed E-state index contributed by atoms with van der Waals surface area (Å²) in [7, 11) is 0. The summed E-state index contributed by atoms with van der Waals surface area (Å²) in [5.74, 6) is 4.00. The Kier molecular flexibility index (Phi) is 4.57. The smallest absolute Gasteiger partial charge is 0.128 e. The summed E-state index contributed by atoms with van der Waals surface area (Å²) in [6.07, 6.45) is 17.0. The Bertz CT molecular complexity index is 693. The summed E-state index contributed by atoms with van der Waals surface area (Å²) in [5, 5.41) is 11.2. The maximum Gasteiger partial charge on any atom is 0.128 e. The molecule has 5 fully saturated rings. The predicted molar refractivity (Wildman–Crippen MR) is 112 cm³/mol. The number of rotatable bonds is 4. The molecular weight excluding hydrogens is 330 g/mol. The minimum absolute atomic E-state index is 0.247. The average molecular weight is 366 g/mol. The van der Waals surface area contributed by atoms with Crippen LogP contribution >= 0.6 is 0 Å². The molecule has 2 heteroatoms. The van der Waals surface area contributed by atoms with E-state index in [1.807, 2.05) is 6.21 Å². The molecule has 0 amide bonds. The van der Waals surface area contributed by atoms with Gasteiger partial charge in [0.1, 0.15) is 5.75 Å². The lowest BCUT2D eigenvalue weighted by Crippen LogP contribution is -2.48. The molecule has 0 spiro atoms. The van der Waals surface area contributed by atoms with Crippen LogP contribution in [0.2, 0.25) is 0 Å². The van der Waals surface area contributed by atoms with Crippen molar-refractivity contribution in [2.24, 2.45) is 28.7 Å². The van der Waals surface area contributed by atoms with Gasteiger partial charge in [-0.25, -0.2) is 0 Å². The van der Waals surface area contributed by atoms with E-state index in [0.29, 0.717) is 5.75 Å². The van der Waals surface area contributed by atoms with Crippen molar-refractivity contribution in [2.75, 3.05) is 6.54 Å². The molecule has 0 heterocycles. The first-order valence-electron chi connectivity index (χ1n) is 11.5. The molecule has 0 radical (unpaired) electrons. The fourth-order valence-electron chi connectivity index (χ4n) is 7.42. The average Bonchev–Trinajstić information content (AvgIpc) is 2.64. The van der Waals surface area contributed by atoms with Crippen LogP contribution in [0.25, 0.3) is 0 Å². The van der Waals surface area contributed by atoms with Gasteiger partial charge in [0, 0.05) is 23.9 Å². The van der Waals surface area contributed by atoms with Crippen LogP contribution in [0.15, 0.2) is 17.1 Å². The highest BCUT2D eigenvalue weighted by Crippen LogP contribution is 2.62. The van der Waals surface area contributed by atoms with Crippen molar-refractivity contribution in [1.29, 1.82) is 0 Å². The highest BCUT2D eigenvalue weighted by molar-refractivity contribution is 5.84. The number of benzene rings is 1. The van der Waals surface area contributed by atoms with Gasteiger partial charge < -0.3 is 5.11 Å². The van der Waals surface area contributed by atoms with Crippen molar-refractivity contribution >= 4 is 6.21 Å². The molecule has 0 aromatic heterocycles. The number of phenolic OH excluding ortho intramolecular Hbond substituents is 1. The van der Waals surface area contributed by atoms with Crippen LogP contribution in [0.1, 0.15) is 87.3 Å². The zero-order chi connectivity index (χ0) is 18.4. The quantitative estimate of drug-likeness (QED) is 0.636. The third-order valence-electron chi connectivity index (χ3n) is 8.21. The maximum absolute atomic E-state index is 11.2. The van der Waals surface area contributed by atoms with Crippen LogP contribution in [0.4, 0.5) is 0 Å². The van der Waals surface area contributed by atoms with Crippen molar-refractivity contribution in [3.05, 3.63) is 28.8 Å². The van der Waals surface area contributed by atoms with E-state index in [2.05, 4.69) is 19.1 Å². The number of hydrogen-bond donors (Lipinski definition) is 1. The topological polar surface area (TPSA) is 32.6 Å². The molecule has 1 aromatic rings. The fourth-order valence-corrected chi connectivity index (χ4v) is 7.42. The van der Waals surface area contributed by atoms with Crippen molar-refractivity contribution in [1.82, 2.24) is 0 Å². The zero-order valence-corrected chi connectivity index (χ0v) is 16.9. The molecule has 2 nitrogen and oxygen atoms in total. The van der Waals surface area contributed by atoms with E-state index >= 15 is 0 Å². The molecular formula is C25H35NO. The lowest BCUT2D eigenvalue weighted by molar-refractivity contribution is -0.00616. The molecule has 146 valence electrons. The van der Waals surface area contributed by atoms with Crippen molar-refractivity contribution in [2.45, 2.75) is 83.0 Å². The van der Waals surface area contributed by atoms with Gasteiger partial charge in [0.05, 0.1) is 0 Å². The first-order valence-corrected chi connectivity index (χ1v) is 11.5. The van der Waals surface area contributed by atoms with Crippen LogP contribution < -0.4 is 0 Å². The van der Waals surface area contributed by atoms with Crippen LogP contribution in [0.5, 0.6) is 5.75 Å². The molecule has 5 aliphatic rings. The summed E-state index contributed by atoms with van der Waals surface area (Å²) < 4.78 is 0. The molecule has 0 aliphatic heterocycles. The van der Waals surface area contributed by atoms with E-state index in [0.717, 1.165) is 35.8 Å². The number of aromatic hydroxyl groups is 1. The van der Waals surface area contributed by atoms with E-state index in [-0.39, 0.29) is 5.41 Å². The third-order valence-corrected chi connectivity index (χ3v) is 8.21. The molecule has 27 heavy (non-hydrogen) atoms. The predicted octanol–water partition coefficient (Wildman–Crippen LogP) is 6.17. The molecule has 0 saturated heterocycles. The normalized spacial score (nSPS) is 36.0. The molecule has 1 aromatic carbocycles. The number of aryl methyl sites for hydroxylation is 1. The van der Waals surface area contributed by atoms with E-state index < -0.39 is 0 Å². The molecule has 4 bridgehead atoms. The van der Waals surface area contributed by atoms with E-state index in [9.17, 15) is 5.11 Å². The Morgan fingerprint density at radius 2 is 1.63 bits per heavy atom. The Morgan fingerprint density at radius 1 is 1.00 bits per heavy atom. The highest BCUT2D eigenvalue weighted by atomic mass is 16.3. The lowest BCUT2D eigenvalue weighted by Gasteiger charge is -2.57. The van der Waals surface area contributed by atoms with Gasteiger partial charge in [-0.05, 0) is 99.0 Å². The SMILES string of the molecule is Cc1cc(C=NCC2CCCCC2)c(O)c(C23CC4CC(CC(C4)C2)C3)c1. The van der Waals surface area contributed by atoms with Gasteiger partial charge in [0.15, 0.2) is 0 Å². The summed E-state index contributed by atoms with van der Waals surface area (Å²) in [6.45, 7) is 3.11. The van der Waals surface area contributed by atoms with Crippen LogP contribution in [-0.2, 0) is 5.41 Å². The fraction of sp³-hybridized carbons (Fsp3) is 0.720. The second-order valence-corrected chi connectivity index (χ2v) is 10.4.